The van der Waals surface area contributed by atoms with Gasteiger partial charge in [0.2, 0.25) is 23.6 Å². The van der Waals surface area contributed by atoms with Crippen LogP contribution < -0.4 is 21.3 Å². The first kappa shape index (κ1) is 16.5. The number of hydrogen-bond acceptors (Lipinski definition) is 8. The summed E-state index contributed by atoms with van der Waals surface area (Å²) in [5, 5.41) is 26.0. The topological polar surface area (TPSA) is 191 Å². The molecule has 0 bridgehead atoms. The van der Waals surface area contributed by atoms with Crippen LogP contribution in [-0.4, -0.2) is 58.6 Å². The number of aliphatic hydroxyl groups is 2. The molecule has 0 aliphatic carbocycles. The standard InChI is InChI=1S/C11H12N4O8/c16-1-2(17)3(4-6(18)12-10(22)13-7(4)19)5-8(20)14-11(23)15-9(5)21/h2-5,16-17H,1H2,(H2,12,13,18,19,22)(H2,14,15,20,21,23)/t2-/m1/s1. The summed E-state index contributed by atoms with van der Waals surface area (Å²) in [4.78, 5) is 69.6. The van der Waals surface area contributed by atoms with Gasteiger partial charge in [0.1, 0.15) is 11.8 Å². The van der Waals surface area contributed by atoms with Crippen molar-refractivity contribution in [3.63, 3.8) is 0 Å². The molecule has 2 heterocycles. The molecule has 2 rings (SSSR count). The molecule has 0 spiro atoms. The van der Waals surface area contributed by atoms with Gasteiger partial charge in [0.25, 0.3) is 0 Å². The first-order chi connectivity index (χ1) is 10.8. The van der Waals surface area contributed by atoms with Crippen molar-refractivity contribution in [2.75, 3.05) is 6.61 Å². The van der Waals surface area contributed by atoms with Crippen LogP contribution in [0.1, 0.15) is 0 Å². The van der Waals surface area contributed by atoms with Gasteiger partial charge < -0.3 is 10.2 Å². The molecule has 2 aliphatic heterocycles. The number of rotatable bonds is 4. The molecule has 0 radical (unpaired) electrons. The molecule has 0 unspecified atom stereocenters. The molecule has 12 heteroatoms. The van der Waals surface area contributed by atoms with Crippen LogP contribution in [0.25, 0.3) is 0 Å². The van der Waals surface area contributed by atoms with Crippen LogP contribution in [0.3, 0.4) is 0 Å². The van der Waals surface area contributed by atoms with Crippen molar-refractivity contribution in [1.29, 1.82) is 0 Å². The van der Waals surface area contributed by atoms with Crippen molar-refractivity contribution in [1.82, 2.24) is 21.3 Å². The minimum atomic E-state index is -1.82. The zero-order valence-corrected chi connectivity index (χ0v) is 11.4. The van der Waals surface area contributed by atoms with E-state index < -0.39 is 66.2 Å². The maximum absolute atomic E-state index is 11.9. The second kappa shape index (κ2) is 6.10. The average molecular weight is 328 g/mol. The summed E-state index contributed by atoms with van der Waals surface area (Å²) < 4.78 is 0. The first-order valence-corrected chi connectivity index (χ1v) is 6.36. The molecule has 2 aliphatic rings. The maximum atomic E-state index is 11.9. The zero-order valence-electron chi connectivity index (χ0n) is 11.4. The second-order valence-electron chi connectivity index (χ2n) is 4.90. The van der Waals surface area contributed by atoms with Crippen LogP contribution in [0, 0.1) is 17.8 Å². The van der Waals surface area contributed by atoms with Gasteiger partial charge in [-0.1, -0.05) is 0 Å². The summed E-state index contributed by atoms with van der Waals surface area (Å²) in [6, 6.07) is -2.19. The fourth-order valence-electron chi connectivity index (χ4n) is 2.52. The molecule has 23 heavy (non-hydrogen) atoms. The normalized spacial score (nSPS) is 21.7. The van der Waals surface area contributed by atoms with Gasteiger partial charge in [-0.3, -0.25) is 40.4 Å². The fraction of sp³-hybridized carbons (Fsp3) is 0.455. The van der Waals surface area contributed by atoms with E-state index in [-0.39, 0.29) is 0 Å². The van der Waals surface area contributed by atoms with Crippen molar-refractivity contribution in [3.05, 3.63) is 0 Å². The molecule has 0 saturated carbocycles. The van der Waals surface area contributed by atoms with Gasteiger partial charge in [0, 0.05) is 5.92 Å². The molecular formula is C11H12N4O8. The highest BCUT2D eigenvalue weighted by molar-refractivity contribution is 6.19. The van der Waals surface area contributed by atoms with E-state index in [0.29, 0.717) is 0 Å². The monoisotopic (exact) mass is 328 g/mol. The fourth-order valence-corrected chi connectivity index (χ4v) is 2.52. The Balaban J connectivity index is 2.41. The van der Waals surface area contributed by atoms with E-state index in [9.17, 15) is 33.9 Å². The van der Waals surface area contributed by atoms with Crippen LogP contribution in [-0.2, 0) is 19.2 Å². The van der Waals surface area contributed by atoms with Crippen LogP contribution in [0.5, 0.6) is 0 Å². The molecule has 0 aromatic carbocycles. The largest absolute Gasteiger partial charge is 0.394 e. The lowest BCUT2D eigenvalue weighted by Crippen LogP contribution is -2.65. The van der Waals surface area contributed by atoms with Crippen molar-refractivity contribution in [2.24, 2.45) is 17.8 Å². The maximum Gasteiger partial charge on any atom is 0.328 e. The molecule has 124 valence electrons. The summed E-state index contributed by atoms with van der Waals surface area (Å²) in [7, 11) is 0. The van der Waals surface area contributed by atoms with E-state index in [1.54, 1.807) is 21.3 Å². The Bertz CT molecular complexity index is 529. The summed E-state index contributed by atoms with van der Waals surface area (Å²) in [5.41, 5.74) is 0. The average Bonchev–Trinajstić information content (AvgIpc) is 2.42. The molecule has 0 aromatic heterocycles. The summed E-state index contributed by atoms with van der Waals surface area (Å²) >= 11 is 0. The van der Waals surface area contributed by atoms with E-state index in [1.165, 1.54) is 0 Å². The third-order valence-corrected chi connectivity index (χ3v) is 3.48. The van der Waals surface area contributed by atoms with E-state index in [4.69, 9.17) is 5.11 Å². The number of hydrogen-bond donors (Lipinski definition) is 6. The van der Waals surface area contributed by atoms with E-state index in [1.807, 2.05) is 0 Å². The smallest absolute Gasteiger partial charge is 0.328 e. The highest BCUT2D eigenvalue weighted by Crippen LogP contribution is 2.29. The number of urea groups is 2. The van der Waals surface area contributed by atoms with Crippen LogP contribution >= 0.6 is 0 Å². The molecular weight excluding hydrogens is 316 g/mol. The molecule has 2 saturated heterocycles. The van der Waals surface area contributed by atoms with Gasteiger partial charge in [-0.2, -0.15) is 0 Å². The lowest BCUT2D eigenvalue weighted by molar-refractivity contribution is -0.149. The Morgan fingerprint density at radius 1 is 0.739 bits per heavy atom. The number of imide groups is 4. The quantitative estimate of drug-likeness (QED) is 0.280. The Hall–Kier alpha value is -2.86. The molecule has 8 amide bonds. The van der Waals surface area contributed by atoms with Crippen LogP contribution in [0.2, 0.25) is 0 Å². The third-order valence-electron chi connectivity index (χ3n) is 3.48. The summed E-state index contributed by atoms with van der Waals surface area (Å²) in [6.07, 6.45) is -1.82. The number of aliphatic hydroxyl groups excluding tert-OH is 2. The van der Waals surface area contributed by atoms with Crippen molar-refractivity contribution < 1.29 is 39.0 Å². The van der Waals surface area contributed by atoms with Gasteiger partial charge >= 0.3 is 12.1 Å². The first-order valence-electron chi connectivity index (χ1n) is 6.36. The van der Waals surface area contributed by atoms with E-state index >= 15 is 0 Å². The number of barbiturate groups is 2. The van der Waals surface area contributed by atoms with Crippen molar-refractivity contribution >= 4 is 35.7 Å². The van der Waals surface area contributed by atoms with E-state index in [2.05, 4.69) is 0 Å². The predicted octanol–water partition coefficient (Wildman–Crippen LogP) is -4.08. The second-order valence-corrected chi connectivity index (χ2v) is 4.90. The molecule has 1 atom stereocenters. The molecule has 6 N–H and O–H groups in total. The Kier molecular flexibility index (Phi) is 4.38. The lowest BCUT2D eigenvalue weighted by Gasteiger charge is -2.35. The Morgan fingerprint density at radius 2 is 1.04 bits per heavy atom. The van der Waals surface area contributed by atoms with Crippen LogP contribution in [0.4, 0.5) is 9.59 Å². The molecule has 12 nitrogen and oxygen atoms in total. The minimum absolute atomic E-state index is 0.972. The van der Waals surface area contributed by atoms with Gasteiger partial charge in [-0.15, -0.1) is 0 Å². The zero-order chi connectivity index (χ0) is 17.3. The van der Waals surface area contributed by atoms with Crippen molar-refractivity contribution in [2.45, 2.75) is 6.10 Å². The van der Waals surface area contributed by atoms with Gasteiger partial charge in [-0.25, -0.2) is 9.59 Å². The SMILES string of the molecule is O=C1NC(=O)C(C(C2C(=O)NC(=O)NC2=O)[C@H](O)CO)C(=O)N1. The highest BCUT2D eigenvalue weighted by atomic mass is 16.3. The highest BCUT2D eigenvalue weighted by Gasteiger charge is 2.52. The number of carbonyl (C=O) groups excluding carboxylic acids is 6. The lowest BCUT2D eigenvalue weighted by atomic mass is 9.75. The van der Waals surface area contributed by atoms with Crippen molar-refractivity contribution in [3.8, 4) is 0 Å². The number of carbonyl (C=O) groups is 6. The third kappa shape index (κ3) is 3.02. The Morgan fingerprint density at radius 3 is 1.30 bits per heavy atom. The predicted molar refractivity (Wildman–Crippen MR) is 66.9 cm³/mol. The van der Waals surface area contributed by atoms with Crippen LogP contribution in [0.15, 0.2) is 0 Å². The molecule has 2 fully saturated rings. The number of amides is 8. The molecule has 0 aromatic rings. The van der Waals surface area contributed by atoms with Gasteiger partial charge in [-0.05, 0) is 0 Å². The minimum Gasteiger partial charge on any atom is -0.394 e. The van der Waals surface area contributed by atoms with E-state index in [0.717, 1.165) is 0 Å². The summed E-state index contributed by atoms with van der Waals surface area (Å²) in [5.74, 6) is -9.87. The van der Waals surface area contributed by atoms with Gasteiger partial charge in [0.15, 0.2) is 0 Å². The summed E-state index contributed by atoms with van der Waals surface area (Å²) in [6.45, 7) is -0.972. The van der Waals surface area contributed by atoms with Gasteiger partial charge in [0.05, 0.1) is 12.7 Å². The Labute approximate surface area is 127 Å². The number of nitrogens with one attached hydrogen (secondary N) is 4.